The van der Waals surface area contributed by atoms with E-state index in [2.05, 4.69) is 19.2 Å². The third kappa shape index (κ3) is 31.9. The molecule has 19 nitrogen and oxygen atoms in total. The molecule has 3 saturated heterocycles. The lowest BCUT2D eigenvalue weighted by Gasteiger charge is -2.48. The maximum Gasteiger partial charge on any atom is 0.220 e. The zero-order chi connectivity index (χ0) is 61.9. The lowest BCUT2D eigenvalue weighted by atomic mass is 9.96. The van der Waals surface area contributed by atoms with Crippen molar-refractivity contribution in [1.82, 2.24) is 5.32 Å². The molecule has 12 N–H and O–H groups in total. The number of carbonyl (C=O) groups excluding carboxylic acids is 1. The second-order valence-electron chi connectivity index (χ2n) is 25.0. The van der Waals surface area contributed by atoms with E-state index in [-0.39, 0.29) is 18.9 Å². The molecule has 0 aromatic carbocycles. The number of nitrogens with one attached hydrogen (secondary N) is 1. The van der Waals surface area contributed by atoms with Crippen molar-refractivity contribution in [2.75, 3.05) is 26.4 Å². The van der Waals surface area contributed by atoms with Crippen molar-refractivity contribution in [2.24, 2.45) is 0 Å². The van der Waals surface area contributed by atoms with Crippen molar-refractivity contribution >= 4 is 5.91 Å². The molecule has 0 spiro atoms. The van der Waals surface area contributed by atoms with Crippen LogP contribution in [0.2, 0.25) is 0 Å². The second-order valence-corrected chi connectivity index (χ2v) is 25.0. The predicted octanol–water partition coefficient (Wildman–Crippen LogP) is 8.50. The Balaban J connectivity index is 1.31. The van der Waals surface area contributed by atoms with E-state index in [0.29, 0.717) is 6.42 Å². The minimum Gasteiger partial charge on any atom is -0.394 e. The van der Waals surface area contributed by atoms with Gasteiger partial charge in [0.2, 0.25) is 5.91 Å². The van der Waals surface area contributed by atoms with E-state index in [4.69, 9.17) is 28.4 Å². The molecule has 3 heterocycles. The first-order chi connectivity index (χ1) is 41.3. The molecule has 0 aromatic rings. The van der Waals surface area contributed by atoms with Gasteiger partial charge in [0.1, 0.15) is 73.2 Å². The summed E-state index contributed by atoms with van der Waals surface area (Å²) in [6.45, 7) is 1.70. The largest absolute Gasteiger partial charge is 0.394 e. The van der Waals surface area contributed by atoms with Crippen LogP contribution in [0.4, 0.5) is 0 Å². The highest BCUT2D eigenvalue weighted by Gasteiger charge is 2.53. The third-order valence-electron chi connectivity index (χ3n) is 17.6. The van der Waals surface area contributed by atoms with Gasteiger partial charge in [-0.05, 0) is 19.3 Å². The van der Waals surface area contributed by atoms with Gasteiger partial charge in [-0.2, -0.15) is 0 Å². The minimum atomic E-state index is -1.97. The topological polar surface area (TPSA) is 307 Å². The van der Waals surface area contributed by atoms with Gasteiger partial charge in [-0.1, -0.05) is 257 Å². The Hall–Kier alpha value is -1.47. The quantitative estimate of drug-likeness (QED) is 0.0201. The van der Waals surface area contributed by atoms with Gasteiger partial charge < -0.3 is 89.9 Å². The molecule has 0 bridgehead atoms. The average Bonchev–Trinajstić information content (AvgIpc) is 3.40. The number of ether oxygens (including phenoxy) is 6. The molecule has 85 heavy (non-hydrogen) atoms. The Morgan fingerprint density at radius 1 is 0.412 bits per heavy atom. The van der Waals surface area contributed by atoms with E-state index >= 15 is 0 Å². The SMILES string of the molecule is CCCCCCCC/C=C/C(O)C(COC1OC(CO)C(OC2OC(CO)C(OC3OC(CO)C(O)C(O)C3O)C(O)C2O)C(O)C1O)NC(=O)CCCCCCCCCCCCCCCCCCCCCCCCCCCCCCCCCC. The first-order valence-corrected chi connectivity index (χ1v) is 34.4. The fourth-order valence-corrected chi connectivity index (χ4v) is 12.0. The fraction of sp³-hybridized carbons (Fsp3) is 0.955. The molecule has 3 aliphatic heterocycles. The summed E-state index contributed by atoms with van der Waals surface area (Å²) in [6.07, 6.45) is 26.9. The van der Waals surface area contributed by atoms with Gasteiger partial charge in [0.25, 0.3) is 0 Å². The van der Waals surface area contributed by atoms with Gasteiger partial charge in [-0.25, -0.2) is 0 Å². The van der Waals surface area contributed by atoms with Gasteiger partial charge in [0.05, 0.1) is 38.6 Å². The van der Waals surface area contributed by atoms with Gasteiger partial charge in [0.15, 0.2) is 18.9 Å². The zero-order valence-corrected chi connectivity index (χ0v) is 52.9. The number of amides is 1. The standard InChI is InChI=1S/C66H125NO18/c1-3-5-7-9-11-13-14-15-16-17-18-19-20-21-22-23-24-25-26-27-28-29-30-31-32-33-34-35-36-38-40-42-44-54(72)67-49(50(71)43-41-39-37-12-10-8-6-4-2)48-80-64-60(78)57(75)62(52(46-69)82-64)85-66-61(79)58(76)63(53(47-70)83-66)84-65-59(77)56(74)55(73)51(45-68)81-65/h41,43,49-53,55-66,68-71,73-79H,3-40,42,44-48H2,1-2H3,(H,67,72)/b43-41+. The molecule has 502 valence electrons. The van der Waals surface area contributed by atoms with E-state index in [1.165, 1.54) is 193 Å². The Labute approximate surface area is 512 Å². The van der Waals surface area contributed by atoms with Crippen LogP contribution in [0, 0.1) is 0 Å². The highest BCUT2D eigenvalue weighted by Crippen LogP contribution is 2.33. The van der Waals surface area contributed by atoms with E-state index in [9.17, 15) is 61.0 Å². The number of rotatable bonds is 53. The minimum absolute atomic E-state index is 0.249. The molecular weight excluding hydrogens is 1090 g/mol. The molecule has 19 heteroatoms. The summed E-state index contributed by atoms with van der Waals surface area (Å²) >= 11 is 0. The van der Waals surface area contributed by atoms with Crippen molar-refractivity contribution in [2.45, 2.75) is 375 Å². The lowest BCUT2D eigenvalue weighted by Crippen LogP contribution is -2.66. The first kappa shape index (κ1) is 77.8. The smallest absolute Gasteiger partial charge is 0.220 e. The van der Waals surface area contributed by atoms with Crippen molar-refractivity contribution in [3.8, 4) is 0 Å². The highest BCUT2D eigenvalue weighted by molar-refractivity contribution is 5.76. The maximum atomic E-state index is 13.3. The normalized spacial score (nSPS) is 29.0. The summed E-state index contributed by atoms with van der Waals surface area (Å²) in [5, 5.41) is 120. The molecule has 3 aliphatic rings. The molecule has 0 radical (unpaired) electrons. The monoisotopic (exact) mass is 1220 g/mol. The molecule has 17 atom stereocenters. The Morgan fingerprint density at radius 3 is 1.11 bits per heavy atom. The second kappa shape index (κ2) is 49.3. The number of aliphatic hydroxyl groups is 11. The molecule has 17 unspecified atom stereocenters. The van der Waals surface area contributed by atoms with Crippen molar-refractivity contribution in [3.63, 3.8) is 0 Å². The van der Waals surface area contributed by atoms with Crippen LogP contribution >= 0.6 is 0 Å². The van der Waals surface area contributed by atoms with E-state index < -0.39 is 124 Å². The van der Waals surface area contributed by atoms with E-state index in [0.717, 1.165) is 51.4 Å². The average molecular weight is 1220 g/mol. The maximum absolute atomic E-state index is 13.3. The molecule has 1 amide bonds. The van der Waals surface area contributed by atoms with Gasteiger partial charge >= 0.3 is 0 Å². The van der Waals surface area contributed by atoms with Gasteiger partial charge in [0, 0.05) is 6.42 Å². The van der Waals surface area contributed by atoms with E-state index in [1.807, 2.05) is 6.08 Å². The van der Waals surface area contributed by atoms with Crippen LogP contribution in [-0.4, -0.2) is 193 Å². The predicted molar refractivity (Wildman–Crippen MR) is 328 cm³/mol. The third-order valence-corrected chi connectivity index (χ3v) is 17.6. The summed E-state index contributed by atoms with van der Waals surface area (Å²) in [6, 6.07) is -0.966. The Morgan fingerprint density at radius 2 is 0.729 bits per heavy atom. The molecule has 3 rings (SSSR count). The van der Waals surface area contributed by atoms with Crippen LogP contribution in [0.25, 0.3) is 0 Å². The summed E-state index contributed by atoms with van der Waals surface area (Å²) < 4.78 is 34.2. The molecule has 0 saturated carbocycles. The first-order valence-electron chi connectivity index (χ1n) is 34.4. The van der Waals surface area contributed by atoms with Crippen molar-refractivity contribution in [1.29, 1.82) is 0 Å². The number of hydrogen-bond acceptors (Lipinski definition) is 18. The van der Waals surface area contributed by atoms with Gasteiger partial charge in [-0.15, -0.1) is 0 Å². The Bertz CT molecular complexity index is 1600. The summed E-state index contributed by atoms with van der Waals surface area (Å²) in [5.74, 6) is -0.273. The fourth-order valence-electron chi connectivity index (χ4n) is 12.0. The number of unbranched alkanes of at least 4 members (excludes halogenated alkanes) is 37. The summed E-state index contributed by atoms with van der Waals surface area (Å²) in [5.41, 5.74) is 0. The van der Waals surface area contributed by atoms with Crippen LogP contribution in [0.15, 0.2) is 12.2 Å². The zero-order valence-electron chi connectivity index (χ0n) is 52.9. The highest BCUT2D eigenvalue weighted by atomic mass is 16.8. The molecule has 3 fully saturated rings. The van der Waals surface area contributed by atoms with Crippen LogP contribution < -0.4 is 5.32 Å². The lowest BCUT2D eigenvalue weighted by molar-refractivity contribution is -0.379. The number of aliphatic hydroxyl groups excluding tert-OH is 11. The number of allylic oxidation sites excluding steroid dienone is 1. The summed E-state index contributed by atoms with van der Waals surface area (Å²) in [4.78, 5) is 13.3. The number of hydrogen-bond donors (Lipinski definition) is 12. The molecule has 0 aromatic heterocycles. The van der Waals surface area contributed by atoms with Gasteiger partial charge in [-0.3, -0.25) is 4.79 Å². The number of carbonyl (C=O) groups is 1. The van der Waals surface area contributed by atoms with E-state index in [1.54, 1.807) is 6.08 Å². The van der Waals surface area contributed by atoms with Crippen LogP contribution in [0.1, 0.15) is 271 Å². The summed E-state index contributed by atoms with van der Waals surface area (Å²) in [7, 11) is 0. The molecule has 0 aliphatic carbocycles. The van der Waals surface area contributed by atoms with Crippen LogP contribution in [0.3, 0.4) is 0 Å². The van der Waals surface area contributed by atoms with Crippen LogP contribution in [-0.2, 0) is 33.2 Å². The van der Waals surface area contributed by atoms with Crippen molar-refractivity contribution in [3.05, 3.63) is 12.2 Å². The van der Waals surface area contributed by atoms with Crippen LogP contribution in [0.5, 0.6) is 0 Å². The van der Waals surface area contributed by atoms with Crippen molar-refractivity contribution < 1.29 is 89.4 Å². The Kier molecular flexibility index (Phi) is 45.1. The molecular formula is C66H125NO18.